The van der Waals surface area contributed by atoms with Crippen molar-refractivity contribution >= 4 is 22.8 Å². The number of ether oxygens (including phenoxy) is 1. The molecule has 0 saturated carbocycles. The van der Waals surface area contributed by atoms with E-state index in [1.54, 1.807) is 41.0 Å². The zero-order valence-electron chi connectivity index (χ0n) is 16.7. The first kappa shape index (κ1) is 18.5. The van der Waals surface area contributed by atoms with Crippen LogP contribution >= 0.6 is 0 Å². The van der Waals surface area contributed by atoms with E-state index in [0.29, 0.717) is 30.3 Å². The van der Waals surface area contributed by atoms with Gasteiger partial charge in [-0.15, -0.1) is 0 Å². The first-order valence-electron chi connectivity index (χ1n) is 9.77. The normalized spacial score (nSPS) is 15.0. The van der Waals surface area contributed by atoms with Crippen molar-refractivity contribution in [2.24, 2.45) is 7.05 Å². The number of nitrogens with zero attached hydrogens (tertiary/aromatic N) is 6. The molecule has 0 aliphatic carbocycles. The van der Waals surface area contributed by atoms with Crippen LogP contribution in [0.3, 0.4) is 0 Å². The number of hydrogen-bond donors (Lipinski definition) is 1. The third kappa shape index (κ3) is 3.14. The van der Waals surface area contributed by atoms with Gasteiger partial charge in [-0.25, -0.2) is 9.78 Å². The molecule has 10 heteroatoms. The molecule has 5 rings (SSSR count). The van der Waals surface area contributed by atoms with Gasteiger partial charge in [0.1, 0.15) is 11.8 Å². The molecule has 1 saturated heterocycles. The summed E-state index contributed by atoms with van der Waals surface area (Å²) >= 11 is 0. The molecule has 1 aliphatic rings. The third-order valence-corrected chi connectivity index (χ3v) is 5.47. The lowest BCUT2D eigenvalue weighted by molar-refractivity contribution is 0.0695. The Kier molecular flexibility index (Phi) is 4.55. The SMILES string of the molecule is Cc1cc(-c2cnoc2)ncc1Nc1ncc2c(n1)n(C1CCOCC1)c(=O)n2C. The van der Waals surface area contributed by atoms with Crippen molar-refractivity contribution < 1.29 is 9.26 Å². The fourth-order valence-electron chi connectivity index (χ4n) is 3.76. The van der Waals surface area contributed by atoms with Gasteiger partial charge in [-0.2, -0.15) is 4.98 Å². The minimum atomic E-state index is -0.0840. The number of aryl methyl sites for hydroxylation is 2. The maximum absolute atomic E-state index is 12.8. The lowest BCUT2D eigenvalue weighted by atomic mass is 10.1. The van der Waals surface area contributed by atoms with Gasteiger partial charge in [0.05, 0.1) is 35.5 Å². The molecule has 0 aromatic carbocycles. The number of imidazole rings is 1. The first-order valence-corrected chi connectivity index (χ1v) is 9.77. The minimum Gasteiger partial charge on any atom is -0.381 e. The first-order chi connectivity index (χ1) is 14.6. The summed E-state index contributed by atoms with van der Waals surface area (Å²) in [6.07, 6.45) is 8.16. The minimum absolute atomic E-state index is 0.0731. The summed E-state index contributed by atoms with van der Waals surface area (Å²) in [5.41, 5.74) is 4.58. The van der Waals surface area contributed by atoms with Gasteiger partial charge in [0.25, 0.3) is 0 Å². The molecule has 5 heterocycles. The molecular formula is C20H21N7O3. The van der Waals surface area contributed by atoms with Crippen molar-refractivity contribution in [2.45, 2.75) is 25.8 Å². The summed E-state index contributed by atoms with van der Waals surface area (Å²) in [7, 11) is 1.74. The number of aromatic nitrogens is 6. The molecule has 10 nitrogen and oxygen atoms in total. The Morgan fingerprint density at radius 1 is 1.17 bits per heavy atom. The van der Waals surface area contributed by atoms with E-state index >= 15 is 0 Å². The zero-order chi connectivity index (χ0) is 20.7. The Hall–Kier alpha value is -3.53. The van der Waals surface area contributed by atoms with E-state index in [4.69, 9.17) is 9.26 Å². The van der Waals surface area contributed by atoms with Gasteiger partial charge < -0.3 is 14.6 Å². The summed E-state index contributed by atoms with van der Waals surface area (Å²) in [6, 6.07) is 2.01. The quantitative estimate of drug-likeness (QED) is 0.549. The average Bonchev–Trinajstić information content (AvgIpc) is 3.38. The molecule has 4 aromatic rings. The van der Waals surface area contributed by atoms with Gasteiger partial charge in [-0.1, -0.05) is 5.16 Å². The number of nitrogens with one attached hydrogen (secondary N) is 1. The Labute approximate surface area is 171 Å². The van der Waals surface area contributed by atoms with Crippen LogP contribution < -0.4 is 11.0 Å². The molecule has 1 fully saturated rings. The van der Waals surface area contributed by atoms with Gasteiger partial charge in [-0.3, -0.25) is 14.1 Å². The number of hydrogen-bond acceptors (Lipinski definition) is 8. The van der Waals surface area contributed by atoms with Crippen LogP contribution in [0.4, 0.5) is 11.6 Å². The molecule has 0 atom stereocenters. The molecule has 30 heavy (non-hydrogen) atoms. The summed E-state index contributed by atoms with van der Waals surface area (Å²) in [5, 5.41) is 6.94. The van der Waals surface area contributed by atoms with E-state index in [2.05, 4.69) is 25.4 Å². The summed E-state index contributed by atoms with van der Waals surface area (Å²) < 4.78 is 13.7. The number of anilines is 2. The van der Waals surface area contributed by atoms with Crippen LogP contribution in [0.25, 0.3) is 22.4 Å². The number of pyridine rings is 1. The standard InChI is InChI=1S/C20H21N7O3/c1-12-7-15(13-8-23-30-11-13)21-9-16(12)24-19-22-10-17-18(25-19)27(20(28)26(17)2)14-3-5-29-6-4-14/h7-11,14H,3-6H2,1-2H3,(H,22,24,25). The number of rotatable bonds is 4. The highest BCUT2D eigenvalue weighted by molar-refractivity contribution is 5.73. The highest BCUT2D eigenvalue weighted by Crippen LogP contribution is 2.26. The molecule has 4 aromatic heterocycles. The summed E-state index contributed by atoms with van der Waals surface area (Å²) in [4.78, 5) is 26.4. The van der Waals surface area contributed by atoms with Crippen LogP contribution in [-0.2, 0) is 11.8 Å². The second kappa shape index (κ2) is 7.38. The summed E-state index contributed by atoms with van der Waals surface area (Å²) in [5.74, 6) is 0.413. The van der Waals surface area contributed by atoms with Crippen molar-refractivity contribution in [3.05, 3.63) is 47.0 Å². The Morgan fingerprint density at radius 2 is 2.00 bits per heavy atom. The van der Waals surface area contributed by atoms with E-state index in [1.165, 1.54) is 0 Å². The molecule has 1 N–H and O–H groups in total. The fraction of sp³-hybridized carbons (Fsp3) is 0.350. The lowest BCUT2D eigenvalue weighted by Gasteiger charge is -2.22. The van der Waals surface area contributed by atoms with E-state index in [9.17, 15) is 4.79 Å². The molecule has 154 valence electrons. The van der Waals surface area contributed by atoms with Crippen LogP contribution in [0.15, 0.2) is 40.2 Å². The van der Waals surface area contributed by atoms with Crippen LogP contribution in [0.1, 0.15) is 24.4 Å². The van der Waals surface area contributed by atoms with Gasteiger partial charge in [0.2, 0.25) is 5.95 Å². The zero-order valence-corrected chi connectivity index (χ0v) is 16.7. The van der Waals surface area contributed by atoms with Crippen molar-refractivity contribution in [1.82, 2.24) is 29.2 Å². The van der Waals surface area contributed by atoms with Gasteiger partial charge in [0, 0.05) is 26.3 Å². The molecule has 0 amide bonds. The van der Waals surface area contributed by atoms with Crippen LogP contribution in [0, 0.1) is 6.92 Å². The van der Waals surface area contributed by atoms with Gasteiger partial charge in [0.15, 0.2) is 5.65 Å². The van der Waals surface area contributed by atoms with Crippen molar-refractivity contribution in [3.8, 4) is 11.3 Å². The van der Waals surface area contributed by atoms with E-state index in [0.717, 1.165) is 35.3 Å². The van der Waals surface area contributed by atoms with Crippen LogP contribution in [0.5, 0.6) is 0 Å². The van der Waals surface area contributed by atoms with E-state index < -0.39 is 0 Å². The highest BCUT2D eigenvalue weighted by Gasteiger charge is 2.23. The average molecular weight is 407 g/mol. The fourth-order valence-corrected chi connectivity index (χ4v) is 3.76. The van der Waals surface area contributed by atoms with Crippen molar-refractivity contribution in [1.29, 1.82) is 0 Å². The molecule has 0 radical (unpaired) electrons. The monoisotopic (exact) mass is 407 g/mol. The predicted octanol–water partition coefficient (Wildman–Crippen LogP) is 2.58. The molecule has 0 bridgehead atoms. The van der Waals surface area contributed by atoms with Gasteiger partial charge >= 0.3 is 5.69 Å². The topological polar surface area (TPSA) is 113 Å². The maximum atomic E-state index is 12.8. The lowest BCUT2D eigenvalue weighted by Crippen LogP contribution is -2.30. The van der Waals surface area contributed by atoms with E-state index in [-0.39, 0.29) is 11.7 Å². The summed E-state index contributed by atoms with van der Waals surface area (Å²) in [6.45, 7) is 3.26. The molecule has 1 aliphatic heterocycles. The Balaban J connectivity index is 1.50. The largest absolute Gasteiger partial charge is 0.381 e. The van der Waals surface area contributed by atoms with Crippen LogP contribution in [-0.4, -0.2) is 42.5 Å². The van der Waals surface area contributed by atoms with Gasteiger partial charge in [-0.05, 0) is 31.4 Å². The molecule has 0 unspecified atom stereocenters. The van der Waals surface area contributed by atoms with Crippen LogP contribution in [0.2, 0.25) is 0 Å². The highest BCUT2D eigenvalue weighted by atomic mass is 16.5. The smallest absolute Gasteiger partial charge is 0.330 e. The van der Waals surface area contributed by atoms with E-state index in [1.807, 2.05) is 13.0 Å². The molecule has 0 spiro atoms. The molecular weight excluding hydrogens is 386 g/mol. The van der Waals surface area contributed by atoms with Crippen molar-refractivity contribution in [3.63, 3.8) is 0 Å². The third-order valence-electron chi connectivity index (χ3n) is 5.47. The second-order valence-corrected chi connectivity index (χ2v) is 7.38. The number of fused-ring (bicyclic) bond motifs is 1. The second-order valence-electron chi connectivity index (χ2n) is 7.38. The predicted molar refractivity (Wildman–Crippen MR) is 110 cm³/mol. The Morgan fingerprint density at radius 3 is 2.73 bits per heavy atom. The Bertz CT molecular complexity index is 1250. The van der Waals surface area contributed by atoms with Crippen molar-refractivity contribution in [2.75, 3.05) is 18.5 Å². The maximum Gasteiger partial charge on any atom is 0.330 e.